The van der Waals surface area contributed by atoms with Crippen molar-refractivity contribution in [1.82, 2.24) is 14.9 Å². The molecule has 2 N–H and O–H groups in total. The highest BCUT2D eigenvalue weighted by Crippen LogP contribution is 2.25. The number of carboxylic acids is 1. The Bertz CT molecular complexity index is 728. The fourth-order valence-corrected chi connectivity index (χ4v) is 3.01. The largest absolute Gasteiger partial charge is 0.481 e. The van der Waals surface area contributed by atoms with Gasteiger partial charge in [-0.05, 0) is 24.1 Å². The zero-order valence-corrected chi connectivity index (χ0v) is 15.6. The lowest BCUT2D eigenvalue weighted by Gasteiger charge is -2.15. The number of carboxylic acid groups (broad SMARTS) is 1. The third kappa shape index (κ3) is 6.19. The van der Waals surface area contributed by atoms with E-state index in [9.17, 15) is 9.59 Å². The van der Waals surface area contributed by atoms with Gasteiger partial charge in [-0.2, -0.15) is 0 Å². The zero-order chi connectivity index (χ0) is 18.9. The second kappa shape index (κ2) is 9.97. The molecule has 26 heavy (non-hydrogen) atoms. The Balaban J connectivity index is 1.83. The van der Waals surface area contributed by atoms with Crippen molar-refractivity contribution < 1.29 is 14.7 Å². The van der Waals surface area contributed by atoms with E-state index in [2.05, 4.69) is 21.8 Å². The van der Waals surface area contributed by atoms with Crippen LogP contribution in [0, 0.1) is 0 Å². The lowest BCUT2D eigenvalue weighted by molar-refractivity contribution is -0.137. The van der Waals surface area contributed by atoms with E-state index in [1.165, 1.54) is 0 Å². The van der Waals surface area contributed by atoms with E-state index in [1.807, 2.05) is 6.20 Å². The molecule has 0 saturated heterocycles. The minimum atomic E-state index is -0.926. The van der Waals surface area contributed by atoms with E-state index >= 15 is 0 Å². The predicted octanol–water partition coefficient (Wildman–Crippen LogP) is 3.25. The summed E-state index contributed by atoms with van der Waals surface area (Å²) in [4.78, 5) is 27.6. The Labute approximate surface area is 158 Å². The van der Waals surface area contributed by atoms with Gasteiger partial charge < -0.3 is 15.0 Å². The van der Waals surface area contributed by atoms with Crippen molar-refractivity contribution in [3.8, 4) is 0 Å². The summed E-state index contributed by atoms with van der Waals surface area (Å²) in [6.07, 6.45) is 5.42. The van der Waals surface area contributed by atoms with E-state index < -0.39 is 5.97 Å². The first kappa shape index (κ1) is 20.0. The number of rotatable bonds is 10. The highest BCUT2D eigenvalue weighted by molar-refractivity contribution is 6.30. The van der Waals surface area contributed by atoms with Crippen molar-refractivity contribution in [3.05, 3.63) is 53.1 Å². The van der Waals surface area contributed by atoms with E-state index in [4.69, 9.17) is 16.7 Å². The highest BCUT2D eigenvalue weighted by atomic mass is 35.5. The summed E-state index contributed by atoms with van der Waals surface area (Å²) >= 11 is 5.87. The van der Waals surface area contributed by atoms with Crippen molar-refractivity contribution in [2.24, 2.45) is 0 Å². The van der Waals surface area contributed by atoms with Crippen LogP contribution in [0.5, 0.6) is 0 Å². The van der Waals surface area contributed by atoms with E-state index in [1.54, 1.807) is 30.5 Å². The summed E-state index contributed by atoms with van der Waals surface area (Å²) in [5, 5.41) is 12.6. The first-order valence-electron chi connectivity index (χ1n) is 8.73. The number of aryl methyl sites for hydroxylation is 2. The van der Waals surface area contributed by atoms with Crippen molar-refractivity contribution in [3.63, 3.8) is 0 Å². The molecule has 0 bridgehead atoms. The van der Waals surface area contributed by atoms with Gasteiger partial charge in [0.05, 0.1) is 6.42 Å². The van der Waals surface area contributed by atoms with Gasteiger partial charge in [-0.15, -0.1) is 0 Å². The molecule has 0 saturated carbocycles. The van der Waals surface area contributed by atoms with Gasteiger partial charge in [-0.1, -0.05) is 30.7 Å². The number of hydrogen-bond acceptors (Lipinski definition) is 3. The summed E-state index contributed by atoms with van der Waals surface area (Å²) in [5.74, 6) is -0.414. The van der Waals surface area contributed by atoms with Crippen LogP contribution in [0.25, 0.3) is 0 Å². The minimum Gasteiger partial charge on any atom is -0.481 e. The van der Waals surface area contributed by atoms with Gasteiger partial charge in [0.2, 0.25) is 5.91 Å². The van der Waals surface area contributed by atoms with Crippen LogP contribution in [-0.2, 0) is 22.6 Å². The fourth-order valence-electron chi connectivity index (χ4n) is 2.88. The van der Waals surface area contributed by atoms with Crippen molar-refractivity contribution in [2.75, 3.05) is 6.54 Å². The molecule has 1 unspecified atom stereocenters. The number of imidazole rings is 1. The Hall–Kier alpha value is -2.34. The molecule has 1 aromatic carbocycles. The molecule has 6 nitrogen and oxygen atoms in total. The maximum absolute atomic E-state index is 12.2. The smallest absolute Gasteiger partial charge is 0.303 e. The molecule has 0 fully saturated rings. The average molecular weight is 378 g/mol. The highest BCUT2D eigenvalue weighted by Gasteiger charge is 2.19. The first-order valence-corrected chi connectivity index (χ1v) is 9.11. The van der Waals surface area contributed by atoms with Crippen LogP contribution in [0.15, 0.2) is 36.7 Å². The molecule has 7 heteroatoms. The van der Waals surface area contributed by atoms with Crippen molar-refractivity contribution >= 4 is 23.5 Å². The molecule has 2 aromatic rings. The number of carbonyl (C=O) groups excluding carboxylic acids is 1. The normalized spacial score (nSPS) is 11.9. The van der Waals surface area contributed by atoms with Gasteiger partial charge in [0.15, 0.2) is 0 Å². The number of halogens is 1. The maximum Gasteiger partial charge on any atom is 0.303 e. The van der Waals surface area contributed by atoms with Crippen LogP contribution in [-0.4, -0.2) is 33.1 Å². The molecule has 0 spiro atoms. The maximum atomic E-state index is 12.2. The Morgan fingerprint density at radius 3 is 2.65 bits per heavy atom. The summed E-state index contributed by atoms with van der Waals surface area (Å²) in [6, 6.07) is 6.96. The monoisotopic (exact) mass is 377 g/mol. The topological polar surface area (TPSA) is 84.2 Å². The van der Waals surface area contributed by atoms with Crippen molar-refractivity contribution in [1.29, 1.82) is 0 Å². The molecule has 1 heterocycles. The third-order valence-corrected chi connectivity index (χ3v) is 4.46. The molecule has 1 aromatic heterocycles. The van der Waals surface area contributed by atoms with Crippen LogP contribution in [0.4, 0.5) is 0 Å². The van der Waals surface area contributed by atoms with Gasteiger partial charge in [0.25, 0.3) is 0 Å². The second-order valence-corrected chi connectivity index (χ2v) is 6.58. The third-order valence-electron chi connectivity index (χ3n) is 4.21. The predicted molar refractivity (Wildman–Crippen MR) is 100 cm³/mol. The van der Waals surface area contributed by atoms with Gasteiger partial charge in [-0.3, -0.25) is 9.59 Å². The number of nitrogens with one attached hydrogen (secondary N) is 1. The lowest BCUT2D eigenvalue weighted by Crippen LogP contribution is -2.27. The van der Waals surface area contributed by atoms with Gasteiger partial charge >= 0.3 is 5.97 Å². The summed E-state index contributed by atoms with van der Waals surface area (Å²) in [6.45, 7) is 3.39. The standard InChI is InChI=1S/C19H24ClN3O3/c1-2-17-21-9-11-23(17)10-3-8-22-18(24)12-15(13-19(25)26)14-4-6-16(20)7-5-14/h4-7,9,11,15H,2-3,8,10,12-13H2,1H3,(H,22,24)(H,25,26). The van der Waals surface area contributed by atoms with Crippen LogP contribution in [0.1, 0.15) is 43.5 Å². The summed E-state index contributed by atoms with van der Waals surface area (Å²) in [5.41, 5.74) is 0.804. The van der Waals surface area contributed by atoms with Crippen LogP contribution < -0.4 is 5.32 Å². The van der Waals surface area contributed by atoms with Crippen molar-refractivity contribution in [2.45, 2.75) is 45.1 Å². The number of carbonyl (C=O) groups is 2. The van der Waals surface area contributed by atoms with Crippen LogP contribution in [0.3, 0.4) is 0 Å². The molecule has 2 rings (SSSR count). The number of aromatic nitrogens is 2. The number of amides is 1. The Morgan fingerprint density at radius 2 is 2.00 bits per heavy atom. The lowest BCUT2D eigenvalue weighted by atomic mass is 9.92. The molecular weight excluding hydrogens is 354 g/mol. The molecule has 0 aliphatic carbocycles. The van der Waals surface area contributed by atoms with Gasteiger partial charge in [-0.25, -0.2) is 4.98 Å². The van der Waals surface area contributed by atoms with Crippen LogP contribution in [0.2, 0.25) is 5.02 Å². The van der Waals surface area contributed by atoms with Crippen LogP contribution >= 0.6 is 11.6 Å². The average Bonchev–Trinajstić information content (AvgIpc) is 3.06. The number of benzene rings is 1. The number of aliphatic carboxylic acids is 1. The first-order chi connectivity index (χ1) is 12.5. The van der Waals surface area contributed by atoms with E-state index in [0.717, 1.165) is 30.8 Å². The zero-order valence-electron chi connectivity index (χ0n) is 14.8. The molecule has 0 aliphatic rings. The van der Waals surface area contributed by atoms with Gasteiger partial charge in [0, 0.05) is 49.3 Å². The molecular formula is C19H24ClN3O3. The quantitative estimate of drug-likeness (QED) is 0.622. The summed E-state index contributed by atoms with van der Waals surface area (Å²) in [7, 11) is 0. The molecule has 140 valence electrons. The number of nitrogens with zero attached hydrogens (tertiary/aromatic N) is 2. The van der Waals surface area contributed by atoms with Gasteiger partial charge in [0.1, 0.15) is 5.82 Å². The Kier molecular flexibility index (Phi) is 7.66. The summed E-state index contributed by atoms with van der Waals surface area (Å²) < 4.78 is 2.08. The number of hydrogen-bond donors (Lipinski definition) is 2. The Morgan fingerprint density at radius 1 is 1.27 bits per heavy atom. The molecule has 1 amide bonds. The second-order valence-electron chi connectivity index (χ2n) is 6.14. The molecule has 1 atom stereocenters. The SMILES string of the molecule is CCc1nccn1CCCNC(=O)CC(CC(=O)O)c1ccc(Cl)cc1. The molecule has 0 aliphatic heterocycles. The minimum absolute atomic E-state index is 0.0933. The molecule has 0 radical (unpaired) electrons. The van der Waals surface area contributed by atoms with E-state index in [0.29, 0.717) is 11.6 Å². The van der Waals surface area contributed by atoms with E-state index in [-0.39, 0.29) is 24.7 Å². The fraction of sp³-hybridized carbons (Fsp3) is 0.421.